The molecule has 5 N–H and O–H groups in total. The third kappa shape index (κ3) is 8.91. The number of carbonyl (C=O) groups excluding carboxylic acids is 5. The Morgan fingerprint density at radius 3 is 2.33 bits per heavy atom. The van der Waals surface area contributed by atoms with Crippen LogP contribution in [0, 0.1) is 5.92 Å². The van der Waals surface area contributed by atoms with Crippen LogP contribution in [-0.2, 0) is 30.4 Å². The minimum absolute atomic E-state index is 0.178. The standard InChI is InChI=1S/C30H45N5O7/c1-4-19(2)26-30(40)35-17-9-11-24(35)29(39)31-22(10-7-5-6-8-12-25(36)34-41)27(37)32-23(28(38)33-26)18-20-13-15-21(42-3)16-14-20/h13-16,19,22-24,26,41H,4-12,17-18H2,1-3H3,(H,31,39)(H,32,37)(H,33,38)(H,34,36)/t19?,22-,23+,24+,26?/m0/s1. The van der Waals surface area contributed by atoms with Crippen LogP contribution < -0.4 is 26.2 Å². The average molecular weight is 588 g/mol. The molecule has 0 aliphatic carbocycles. The van der Waals surface area contributed by atoms with Crippen LogP contribution in [0.5, 0.6) is 5.75 Å². The zero-order valence-corrected chi connectivity index (χ0v) is 24.8. The molecule has 232 valence electrons. The van der Waals surface area contributed by atoms with Crippen molar-refractivity contribution in [1.29, 1.82) is 0 Å². The van der Waals surface area contributed by atoms with Crippen molar-refractivity contribution in [2.24, 2.45) is 5.92 Å². The van der Waals surface area contributed by atoms with E-state index >= 15 is 0 Å². The maximum Gasteiger partial charge on any atom is 0.246 e. The number of fused-ring (bicyclic) bond motifs is 1. The number of nitrogens with zero attached hydrogens (tertiary/aromatic N) is 1. The van der Waals surface area contributed by atoms with Gasteiger partial charge in [-0.15, -0.1) is 0 Å². The van der Waals surface area contributed by atoms with E-state index in [4.69, 9.17) is 9.94 Å². The lowest BCUT2D eigenvalue weighted by Crippen LogP contribution is -2.62. The number of hydrogen-bond acceptors (Lipinski definition) is 7. The molecule has 1 aromatic rings. The van der Waals surface area contributed by atoms with Crippen molar-refractivity contribution in [3.05, 3.63) is 29.8 Å². The predicted molar refractivity (Wildman–Crippen MR) is 154 cm³/mol. The second kappa shape index (κ2) is 16.1. The molecule has 5 atom stereocenters. The van der Waals surface area contributed by atoms with Crippen molar-refractivity contribution >= 4 is 29.5 Å². The summed E-state index contributed by atoms with van der Waals surface area (Å²) in [5.41, 5.74) is 2.40. The van der Waals surface area contributed by atoms with Crippen LogP contribution in [0.15, 0.2) is 24.3 Å². The van der Waals surface area contributed by atoms with Crippen molar-refractivity contribution in [3.63, 3.8) is 0 Å². The van der Waals surface area contributed by atoms with Gasteiger partial charge in [0.2, 0.25) is 29.5 Å². The van der Waals surface area contributed by atoms with Crippen molar-refractivity contribution in [1.82, 2.24) is 26.3 Å². The average Bonchev–Trinajstić information content (AvgIpc) is 3.49. The zero-order valence-electron chi connectivity index (χ0n) is 24.8. The molecule has 0 radical (unpaired) electrons. The van der Waals surface area contributed by atoms with Crippen molar-refractivity contribution in [2.75, 3.05) is 13.7 Å². The number of hydrogen-bond donors (Lipinski definition) is 5. The first-order valence-corrected chi connectivity index (χ1v) is 15.0. The quantitative estimate of drug-likeness (QED) is 0.141. The van der Waals surface area contributed by atoms with Gasteiger partial charge in [0.05, 0.1) is 7.11 Å². The highest BCUT2D eigenvalue weighted by Gasteiger charge is 2.41. The normalized spacial score (nSPS) is 24.0. The van der Waals surface area contributed by atoms with Crippen molar-refractivity contribution in [3.8, 4) is 5.75 Å². The fraction of sp³-hybridized carbons (Fsp3) is 0.633. The largest absolute Gasteiger partial charge is 0.497 e. The topological polar surface area (TPSA) is 166 Å². The third-order valence-corrected chi connectivity index (χ3v) is 8.25. The number of benzene rings is 1. The van der Waals surface area contributed by atoms with Gasteiger partial charge in [-0.1, -0.05) is 51.7 Å². The van der Waals surface area contributed by atoms with Crippen molar-refractivity contribution < 1.29 is 33.9 Å². The molecule has 5 amide bonds. The first-order chi connectivity index (χ1) is 20.2. The number of carbonyl (C=O) groups is 5. The molecule has 2 saturated heterocycles. The van der Waals surface area contributed by atoms with Crippen molar-refractivity contribution in [2.45, 2.75) is 102 Å². The second-order valence-corrected chi connectivity index (χ2v) is 11.2. The summed E-state index contributed by atoms with van der Waals surface area (Å²) in [6.45, 7) is 4.24. The van der Waals surface area contributed by atoms with Gasteiger partial charge in [0.1, 0.15) is 29.9 Å². The third-order valence-electron chi connectivity index (χ3n) is 8.25. The Bertz CT molecular complexity index is 1100. The van der Waals surface area contributed by atoms with Gasteiger partial charge in [0.15, 0.2) is 0 Å². The Hall–Kier alpha value is -3.67. The van der Waals surface area contributed by atoms with Gasteiger partial charge in [-0.2, -0.15) is 0 Å². The molecule has 42 heavy (non-hydrogen) atoms. The van der Waals surface area contributed by atoms with Gasteiger partial charge >= 0.3 is 0 Å². The molecule has 1 aromatic carbocycles. The minimum atomic E-state index is -0.976. The highest BCUT2D eigenvalue weighted by molar-refractivity contribution is 5.98. The van der Waals surface area contributed by atoms with Gasteiger partial charge < -0.3 is 25.6 Å². The van der Waals surface area contributed by atoms with Crippen LogP contribution in [0.2, 0.25) is 0 Å². The molecule has 2 fully saturated rings. The molecule has 0 saturated carbocycles. The van der Waals surface area contributed by atoms with E-state index < -0.39 is 41.9 Å². The minimum Gasteiger partial charge on any atom is -0.497 e. The number of hydroxylamine groups is 1. The molecule has 2 aliphatic heterocycles. The fourth-order valence-corrected chi connectivity index (χ4v) is 5.48. The predicted octanol–water partition coefficient (Wildman–Crippen LogP) is 1.59. The number of unbranched alkanes of at least 4 members (excludes halogenated alkanes) is 3. The van der Waals surface area contributed by atoms with Crippen LogP contribution >= 0.6 is 0 Å². The number of amides is 5. The van der Waals surface area contributed by atoms with E-state index in [1.165, 1.54) is 0 Å². The van der Waals surface area contributed by atoms with Gasteiger partial charge in [0, 0.05) is 19.4 Å². The summed E-state index contributed by atoms with van der Waals surface area (Å²) in [5.74, 6) is -1.55. The highest BCUT2D eigenvalue weighted by atomic mass is 16.5. The number of methoxy groups -OCH3 is 1. The maximum absolute atomic E-state index is 13.7. The van der Waals surface area contributed by atoms with Gasteiger partial charge in [-0.25, -0.2) is 5.48 Å². The molecule has 0 bridgehead atoms. The number of ether oxygens (including phenoxy) is 1. The number of nitrogens with one attached hydrogen (secondary N) is 4. The molecular formula is C30H45N5O7. The van der Waals surface area contributed by atoms with E-state index in [0.29, 0.717) is 63.7 Å². The van der Waals surface area contributed by atoms with Crippen LogP contribution in [0.25, 0.3) is 0 Å². The van der Waals surface area contributed by atoms with Crippen LogP contribution in [0.4, 0.5) is 0 Å². The summed E-state index contributed by atoms with van der Waals surface area (Å²) in [7, 11) is 1.56. The lowest BCUT2D eigenvalue weighted by atomic mass is 9.95. The van der Waals surface area contributed by atoms with E-state index in [9.17, 15) is 24.0 Å². The van der Waals surface area contributed by atoms with E-state index in [-0.39, 0.29) is 30.6 Å². The summed E-state index contributed by atoms with van der Waals surface area (Å²) in [6, 6.07) is 3.78. The number of rotatable bonds is 12. The van der Waals surface area contributed by atoms with Crippen LogP contribution in [0.1, 0.15) is 77.2 Å². The Balaban J connectivity index is 1.84. The molecule has 12 heteroatoms. The smallest absolute Gasteiger partial charge is 0.246 e. The monoisotopic (exact) mass is 587 g/mol. The SMILES string of the molecule is CCC(C)C1NC(=O)[C@@H](Cc2ccc(OC)cc2)NC(=O)[C@H](CCCCCCC(=O)NO)NC(=O)[C@H]2CCCN2C1=O. The summed E-state index contributed by atoms with van der Waals surface area (Å²) >= 11 is 0. The Kier molecular flexibility index (Phi) is 12.6. The Morgan fingerprint density at radius 1 is 1.00 bits per heavy atom. The molecule has 12 nitrogen and oxygen atoms in total. The summed E-state index contributed by atoms with van der Waals surface area (Å²) < 4.78 is 5.23. The lowest BCUT2D eigenvalue weighted by Gasteiger charge is -2.34. The van der Waals surface area contributed by atoms with Crippen LogP contribution in [-0.4, -0.2) is 77.5 Å². The summed E-state index contributed by atoms with van der Waals surface area (Å²) in [6.07, 6.45) is 5.09. The first kappa shape index (κ1) is 32.8. The molecule has 2 unspecified atom stereocenters. The van der Waals surface area contributed by atoms with E-state index in [2.05, 4.69) is 16.0 Å². The fourth-order valence-electron chi connectivity index (χ4n) is 5.48. The molecule has 3 rings (SSSR count). The molecule has 0 aromatic heterocycles. The van der Waals surface area contributed by atoms with Crippen LogP contribution in [0.3, 0.4) is 0 Å². The Labute approximate surface area is 247 Å². The lowest BCUT2D eigenvalue weighted by molar-refractivity contribution is -0.144. The Morgan fingerprint density at radius 2 is 1.67 bits per heavy atom. The van der Waals surface area contributed by atoms with Gasteiger partial charge in [0.25, 0.3) is 0 Å². The zero-order chi connectivity index (χ0) is 30.6. The highest BCUT2D eigenvalue weighted by Crippen LogP contribution is 2.23. The first-order valence-electron chi connectivity index (χ1n) is 15.0. The maximum atomic E-state index is 13.7. The molecular weight excluding hydrogens is 542 g/mol. The van der Waals surface area contributed by atoms with Gasteiger partial charge in [-0.05, 0) is 49.3 Å². The molecule has 2 aliphatic rings. The molecule has 0 spiro atoms. The van der Waals surface area contributed by atoms with E-state index in [0.717, 1.165) is 5.56 Å². The summed E-state index contributed by atoms with van der Waals surface area (Å²) in [4.78, 5) is 67.3. The second-order valence-electron chi connectivity index (χ2n) is 11.2. The molecule has 2 heterocycles. The summed E-state index contributed by atoms with van der Waals surface area (Å²) in [5, 5.41) is 17.3. The van der Waals surface area contributed by atoms with Gasteiger partial charge in [-0.3, -0.25) is 29.2 Å². The van der Waals surface area contributed by atoms with E-state index in [1.54, 1.807) is 29.6 Å². The van der Waals surface area contributed by atoms with E-state index in [1.807, 2.05) is 26.0 Å².